The van der Waals surface area contributed by atoms with Crippen molar-refractivity contribution in [2.24, 2.45) is 0 Å². The fourth-order valence-corrected chi connectivity index (χ4v) is 3.95. The molecule has 1 aliphatic heterocycles. The number of rotatable bonds is 5. The lowest BCUT2D eigenvalue weighted by Crippen LogP contribution is -2.45. The van der Waals surface area contributed by atoms with E-state index < -0.39 is 35.1 Å². The number of benzene rings is 1. The van der Waals surface area contributed by atoms with Crippen molar-refractivity contribution in [1.29, 1.82) is 0 Å². The molecular formula is C25H27N7O6. The van der Waals surface area contributed by atoms with E-state index in [4.69, 9.17) is 4.74 Å². The summed E-state index contributed by atoms with van der Waals surface area (Å²) < 4.78 is 6.43. The predicted molar refractivity (Wildman–Crippen MR) is 135 cm³/mol. The molecule has 1 fully saturated rings. The van der Waals surface area contributed by atoms with Crippen molar-refractivity contribution in [3.63, 3.8) is 0 Å². The lowest BCUT2D eigenvalue weighted by atomic mass is 10.1. The number of anilines is 1. The van der Waals surface area contributed by atoms with E-state index in [9.17, 15) is 24.0 Å². The second-order valence-corrected chi connectivity index (χ2v) is 9.70. The topological polar surface area (TPSA) is 174 Å². The number of hydrogen-bond acceptors (Lipinski definition) is 9. The number of amides is 4. The highest BCUT2D eigenvalue weighted by Crippen LogP contribution is 2.23. The van der Waals surface area contributed by atoms with Gasteiger partial charge in [-0.25, -0.2) is 19.7 Å². The first-order valence-corrected chi connectivity index (χ1v) is 11.9. The summed E-state index contributed by atoms with van der Waals surface area (Å²) in [5, 5.41) is 7.72. The van der Waals surface area contributed by atoms with E-state index in [1.165, 1.54) is 17.0 Å². The van der Waals surface area contributed by atoms with Crippen LogP contribution >= 0.6 is 0 Å². The molecule has 4 amide bonds. The molecule has 2 aromatic heterocycles. The Morgan fingerprint density at radius 2 is 1.87 bits per heavy atom. The Bertz CT molecular complexity index is 1490. The minimum Gasteiger partial charge on any atom is -0.444 e. The maximum Gasteiger partial charge on any atom is 0.408 e. The van der Waals surface area contributed by atoms with Crippen LogP contribution in [0.5, 0.6) is 0 Å². The van der Waals surface area contributed by atoms with Crippen LogP contribution in [-0.2, 0) is 20.9 Å². The van der Waals surface area contributed by atoms with Gasteiger partial charge in [0.2, 0.25) is 11.8 Å². The number of imide groups is 1. The first-order chi connectivity index (χ1) is 17.9. The van der Waals surface area contributed by atoms with Gasteiger partial charge in [0, 0.05) is 18.8 Å². The molecule has 0 aliphatic carbocycles. The van der Waals surface area contributed by atoms with Gasteiger partial charge in [0.25, 0.3) is 11.5 Å². The van der Waals surface area contributed by atoms with Crippen molar-refractivity contribution in [3.05, 3.63) is 58.2 Å². The van der Waals surface area contributed by atoms with Gasteiger partial charge >= 0.3 is 6.09 Å². The highest BCUT2D eigenvalue weighted by Gasteiger charge is 2.30. The summed E-state index contributed by atoms with van der Waals surface area (Å²) in [5.41, 5.74) is -0.398. The van der Waals surface area contributed by atoms with Crippen LogP contribution in [0.4, 0.5) is 10.5 Å². The van der Waals surface area contributed by atoms with E-state index in [0.717, 1.165) is 0 Å². The largest absolute Gasteiger partial charge is 0.444 e. The summed E-state index contributed by atoms with van der Waals surface area (Å²) in [6.45, 7) is 6.84. The van der Waals surface area contributed by atoms with Crippen LogP contribution in [0.25, 0.3) is 10.9 Å². The summed E-state index contributed by atoms with van der Waals surface area (Å²) in [7, 11) is 0. The third-order valence-corrected chi connectivity index (χ3v) is 5.63. The molecule has 3 aromatic rings. The van der Waals surface area contributed by atoms with Gasteiger partial charge in [0.1, 0.15) is 28.8 Å². The Balaban J connectivity index is 1.51. The molecule has 0 saturated carbocycles. The molecule has 1 unspecified atom stereocenters. The Morgan fingerprint density at radius 3 is 2.53 bits per heavy atom. The van der Waals surface area contributed by atoms with Gasteiger partial charge in [0.05, 0.1) is 23.2 Å². The molecule has 1 atom stereocenters. The second-order valence-electron chi connectivity index (χ2n) is 9.70. The smallest absolute Gasteiger partial charge is 0.408 e. The van der Waals surface area contributed by atoms with Gasteiger partial charge in [-0.2, -0.15) is 0 Å². The quantitative estimate of drug-likeness (QED) is 0.423. The Kier molecular flexibility index (Phi) is 7.19. The van der Waals surface area contributed by atoms with E-state index in [1.54, 1.807) is 45.9 Å². The lowest BCUT2D eigenvalue weighted by Gasteiger charge is -2.24. The molecular weight excluding hydrogens is 494 g/mol. The number of nitrogens with zero attached hydrogens (tertiary/aromatic N) is 4. The zero-order valence-corrected chi connectivity index (χ0v) is 21.3. The van der Waals surface area contributed by atoms with Gasteiger partial charge < -0.3 is 15.4 Å². The van der Waals surface area contributed by atoms with Gasteiger partial charge in [-0.3, -0.25) is 29.1 Å². The fourth-order valence-electron chi connectivity index (χ4n) is 3.95. The molecule has 1 aromatic carbocycles. The molecule has 3 heterocycles. The number of aryl methyl sites for hydroxylation is 1. The number of nitrogens with one attached hydrogen (secondary N) is 3. The normalized spacial score (nSPS) is 15.6. The minimum absolute atomic E-state index is 0.0167. The number of aromatic nitrogens is 4. The molecule has 1 aliphatic rings. The van der Waals surface area contributed by atoms with Crippen LogP contribution in [0, 0.1) is 6.92 Å². The number of carbonyl (C=O) groups is 4. The standard InChI is InChI=1S/C25H27N7O6/c1-13-29-20-15(23(36)32(13)17-8-9-19(33)31-22(17)35)6-5-7-16(20)30-21(34)14-10-26-18(27-11-14)12-28-24(37)38-25(2,3)4/h5-7,10-11,17H,8-9,12H2,1-4H3,(H,28,37)(H,30,34)(H,31,33,35). The summed E-state index contributed by atoms with van der Waals surface area (Å²) >= 11 is 0. The van der Waals surface area contributed by atoms with Gasteiger partial charge in [-0.15, -0.1) is 0 Å². The highest BCUT2D eigenvalue weighted by atomic mass is 16.6. The maximum absolute atomic E-state index is 13.3. The monoisotopic (exact) mass is 521 g/mol. The van der Waals surface area contributed by atoms with Crippen molar-refractivity contribution < 1.29 is 23.9 Å². The summed E-state index contributed by atoms with van der Waals surface area (Å²) in [6, 6.07) is 3.89. The first kappa shape index (κ1) is 26.4. The van der Waals surface area contributed by atoms with Crippen molar-refractivity contribution in [2.45, 2.75) is 58.7 Å². The molecule has 0 bridgehead atoms. The Labute approximate surface area is 217 Å². The van der Waals surface area contributed by atoms with Crippen molar-refractivity contribution in [1.82, 2.24) is 30.2 Å². The Hall–Kier alpha value is -4.68. The average molecular weight is 522 g/mol. The van der Waals surface area contributed by atoms with Crippen LogP contribution in [0.3, 0.4) is 0 Å². The lowest BCUT2D eigenvalue weighted by molar-refractivity contribution is -0.135. The Morgan fingerprint density at radius 1 is 1.16 bits per heavy atom. The number of alkyl carbamates (subject to hydrolysis) is 1. The van der Waals surface area contributed by atoms with Gasteiger partial charge in [-0.05, 0) is 46.2 Å². The molecule has 198 valence electrons. The van der Waals surface area contributed by atoms with Crippen molar-refractivity contribution in [2.75, 3.05) is 5.32 Å². The molecule has 38 heavy (non-hydrogen) atoms. The third-order valence-electron chi connectivity index (χ3n) is 5.63. The second kappa shape index (κ2) is 10.4. The van der Waals surface area contributed by atoms with Crippen molar-refractivity contribution >= 4 is 40.4 Å². The molecule has 0 radical (unpaired) electrons. The van der Waals surface area contributed by atoms with E-state index in [0.29, 0.717) is 5.69 Å². The molecule has 3 N–H and O–H groups in total. The van der Waals surface area contributed by atoms with Gasteiger partial charge in [0.15, 0.2) is 0 Å². The predicted octanol–water partition coefficient (Wildman–Crippen LogP) is 1.75. The summed E-state index contributed by atoms with van der Waals surface area (Å²) in [5.74, 6) is -0.917. The zero-order chi connectivity index (χ0) is 27.6. The SMILES string of the molecule is Cc1nc2c(NC(=O)c3cnc(CNC(=O)OC(C)(C)C)nc3)cccc2c(=O)n1C1CCC(=O)NC1=O. The van der Waals surface area contributed by atoms with Gasteiger partial charge in [-0.1, -0.05) is 6.07 Å². The number of para-hydroxylation sites is 1. The zero-order valence-electron chi connectivity index (χ0n) is 21.3. The number of ether oxygens (including phenoxy) is 1. The van der Waals surface area contributed by atoms with Crippen LogP contribution in [-0.4, -0.2) is 48.9 Å². The third kappa shape index (κ3) is 5.82. The molecule has 13 nitrogen and oxygen atoms in total. The number of hydrogen-bond donors (Lipinski definition) is 3. The van der Waals surface area contributed by atoms with E-state index >= 15 is 0 Å². The average Bonchev–Trinajstić information content (AvgIpc) is 2.84. The summed E-state index contributed by atoms with van der Waals surface area (Å²) in [6.07, 6.45) is 2.33. The van der Waals surface area contributed by atoms with Crippen LogP contribution in [0.15, 0.2) is 35.4 Å². The summed E-state index contributed by atoms with van der Waals surface area (Å²) in [4.78, 5) is 74.5. The number of piperidine rings is 1. The molecule has 4 rings (SSSR count). The highest BCUT2D eigenvalue weighted by molar-refractivity contribution is 6.08. The van der Waals surface area contributed by atoms with Crippen LogP contribution in [0.2, 0.25) is 0 Å². The van der Waals surface area contributed by atoms with Crippen LogP contribution in [0.1, 0.15) is 61.7 Å². The number of fused-ring (bicyclic) bond motifs is 1. The maximum atomic E-state index is 13.3. The molecule has 13 heteroatoms. The van der Waals surface area contributed by atoms with E-state index in [-0.39, 0.29) is 53.4 Å². The van der Waals surface area contributed by atoms with Crippen LogP contribution < -0.4 is 21.5 Å². The van der Waals surface area contributed by atoms with Crippen molar-refractivity contribution in [3.8, 4) is 0 Å². The molecule has 1 saturated heterocycles. The minimum atomic E-state index is -0.851. The molecule has 0 spiro atoms. The van der Waals surface area contributed by atoms with E-state index in [2.05, 4.69) is 30.9 Å². The fraction of sp³-hybridized carbons (Fsp3) is 0.360. The van der Waals surface area contributed by atoms with E-state index in [1.807, 2.05) is 0 Å². The number of carbonyl (C=O) groups excluding carboxylic acids is 4. The first-order valence-electron chi connectivity index (χ1n) is 11.9.